The fraction of sp³-hybridized carbons (Fsp3) is 0. The molecule has 1 aromatic carbocycles. The summed E-state index contributed by atoms with van der Waals surface area (Å²) in [5.74, 6) is 0. The summed E-state index contributed by atoms with van der Waals surface area (Å²) < 4.78 is 29.8. The summed E-state index contributed by atoms with van der Waals surface area (Å²) in [6, 6.07) is 5.45. The Bertz CT molecular complexity index is 402. The first-order valence-corrected chi connectivity index (χ1v) is 4.86. The molecule has 0 aliphatic carbocycles. The van der Waals surface area contributed by atoms with Crippen LogP contribution in [-0.4, -0.2) is 18.1 Å². The molecule has 0 aromatic heterocycles. The zero-order valence-corrected chi connectivity index (χ0v) is 7.40. The molecule has 0 heterocycles. The van der Waals surface area contributed by atoms with E-state index >= 15 is 0 Å². The lowest BCUT2D eigenvalue weighted by Crippen LogP contribution is -1.96. The van der Waals surface area contributed by atoms with E-state index in [-0.39, 0.29) is 4.90 Å². The first-order valence-electron chi connectivity index (χ1n) is 3.42. The Kier molecular flexibility index (Phi) is 2.69. The van der Waals surface area contributed by atoms with Crippen molar-refractivity contribution < 1.29 is 18.1 Å². The van der Waals surface area contributed by atoms with E-state index in [1.165, 1.54) is 30.3 Å². The Hall–Kier alpha value is -1.33. The number of hydrogen-bond acceptors (Lipinski definition) is 3. The molecule has 70 valence electrons. The normalized spacial score (nSPS) is 12.1. The largest absolute Gasteiger partial charge is 0.516 e. The van der Waals surface area contributed by atoms with Crippen LogP contribution in [0.4, 0.5) is 0 Å². The number of aliphatic hydroxyl groups excluding tert-OH is 1. The highest BCUT2D eigenvalue weighted by atomic mass is 32.2. The quantitative estimate of drug-likeness (QED) is 0.560. The Labute approximate surface area is 75.9 Å². The SMILES string of the molecule is O=S(=O)(O)c1ccc(C=CO)cc1. The van der Waals surface area contributed by atoms with E-state index < -0.39 is 10.1 Å². The molecule has 2 N–H and O–H groups in total. The highest BCUT2D eigenvalue weighted by Gasteiger charge is 2.07. The van der Waals surface area contributed by atoms with Crippen LogP contribution in [0.5, 0.6) is 0 Å². The van der Waals surface area contributed by atoms with Crippen molar-refractivity contribution in [1.82, 2.24) is 0 Å². The zero-order chi connectivity index (χ0) is 9.90. The molecule has 0 aliphatic heterocycles. The molecule has 0 amide bonds. The van der Waals surface area contributed by atoms with E-state index in [4.69, 9.17) is 9.66 Å². The van der Waals surface area contributed by atoms with Gasteiger partial charge in [0.2, 0.25) is 0 Å². The van der Waals surface area contributed by atoms with Gasteiger partial charge in [0, 0.05) is 0 Å². The van der Waals surface area contributed by atoms with Crippen LogP contribution < -0.4 is 0 Å². The van der Waals surface area contributed by atoms with Crippen LogP contribution in [0.25, 0.3) is 6.08 Å². The maximum absolute atomic E-state index is 10.6. The van der Waals surface area contributed by atoms with Crippen LogP contribution >= 0.6 is 0 Å². The summed E-state index contributed by atoms with van der Waals surface area (Å²) in [4.78, 5) is -0.164. The smallest absolute Gasteiger partial charge is 0.294 e. The highest BCUT2D eigenvalue weighted by Crippen LogP contribution is 2.10. The van der Waals surface area contributed by atoms with Crippen molar-refractivity contribution in [2.24, 2.45) is 0 Å². The summed E-state index contributed by atoms with van der Waals surface area (Å²) in [6.45, 7) is 0. The lowest BCUT2D eigenvalue weighted by Gasteiger charge is -1.96. The number of rotatable bonds is 2. The van der Waals surface area contributed by atoms with Gasteiger partial charge in [-0.15, -0.1) is 0 Å². The Balaban J connectivity index is 3.08. The predicted octanol–water partition coefficient (Wildman–Crippen LogP) is 1.46. The van der Waals surface area contributed by atoms with Crippen molar-refractivity contribution in [2.45, 2.75) is 4.90 Å². The standard InChI is InChI=1S/C8H8O4S/c9-6-5-7-1-3-8(4-2-7)13(10,11)12/h1-6,9H,(H,10,11,12). The van der Waals surface area contributed by atoms with E-state index in [2.05, 4.69) is 0 Å². The second kappa shape index (κ2) is 3.59. The summed E-state index contributed by atoms with van der Waals surface area (Å²) in [5.41, 5.74) is 0.648. The van der Waals surface area contributed by atoms with Gasteiger partial charge in [0.15, 0.2) is 0 Å². The van der Waals surface area contributed by atoms with Crippen LogP contribution in [0.2, 0.25) is 0 Å². The van der Waals surface area contributed by atoms with Gasteiger partial charge in [0.1, 0.15) is 0 Å². The van der Waals surface area contributed by atoms with Crippen molar-refractivity contribution in [3.63, 3.8) is 0 Å². The molecule has 4 nitrogen and oxygen atoms in total. The molecule has 0 bridgehead atoms. The third-order valence-corrected chi connectivity index (χ3v) is 2.31. The van der Waals surface area contributed by atoms with Gasteiger partial charge in [0.05, 0.1) is 11.2 Å². The monoisotopic (exact) mass is 200 g/mol. The first kappa shape index (κ1) is 9.76. The lowest BCUT2D eigenvalue weighted by atomic mass is 10.2. The van der Waals surface area contributed by atoms with Crippen LogP contribution in [0.3, 0.4) is 0 Å². The molecular weight excluding hydrogens is 192 g/mol. The second-order valence-corrected chi connectivity index (χ2v) is 3.78. The average Bonchev–Trinajstić information content (AvgIpc) is 2.04. The van der Waals surface area contributed by atoms with E-state index in [1.54, 1.807) is 0 Å². The lowest BCUT2D eigenvalue weighted by molar-refractivity contribution is 0.478. The molecule has 1 aromatic rings. The second-order valence-electron chi connectivity index (χ2n) is 2.36. The van der Waals surface area contributed by atoms with E-state index in [1.807, 2.05) is 0 Å². The topological polar surface area (TPSA) is 74.6 Å². The van der Waals surface area contributed by atoms with Gasteiger partial charge in [-0.2, -0.15) is 8.42 Å². The minimum atomic E-state index is -4.12. The molecular formula is C8H8O4S. The van der Waals surface area contributed by atoms with E-state index in [9.17, 15) is 8.42 Å². The van der Waals surface area contributed by atoms with E-state index in [0.29, 0.717) is 5.56 Å². The maximum atomic E-state index is 10.6. The van der Waals surface area contributed by atoms with Crippen molar-refractivity contribution >= 4 is 16.2 Å². The highest BCUT2D eigenvalue weighted by molar-refractivity contribution is 7.85. The van der Waals surface area contributed by atoms with Crippen molar-refractivity contribution in [1.29, 1.82) is 0 Å². The van der Waals surface area contributed by atoms with Crippen molar-refractivity contribution in [3.8, 4) is 0 Å². The molecule has 13 heavy (non-hydrogen) atoms. The Morgan fingerprint density at radius 2 is 1.69 bits per heavy atom. The zero-order valence-electron chi connectivity index (χ0n) is 6.58. The number of benzene rings is 1. The van der Waals surface area contributed by atoms with Gasteiger partial charge >= 0.3 is 0 Å². The van der Waals surface area contributed by atoms with Crippen LogP contribution in [0.15, 0.2) is 35.4 Å². The van der Waals surface area contributed by atoms with Gasteiger partial charge in [-0.05, 0) is 23.8 Å². The summed E-state index contributed by atoms with van der Waals surface area (Å²) in [5, 5.41) is 8.40. The van der Waals surface area contributed by atoms with Gasteiger partial charge in [-0.3, -0.25) is 4.55 Å². The first-order chi connectivity index (χ1) is 6.04. The maximum Gasteiger partial charge on any atom is 0.294 e. The number of hydrogen-bond donors (Lipinski definition) is 2. The van der Waals surface area contributed by atoms with Crippen molar-refractivity contribution in [3.05, 3.63) is 36.1 Å². The third-order valence-electron chi connectivity index (χ3n) is 1.44. The third kappa shape index (κ3) is 2.57. The predicted molar refractivity (Wildman–Crippen MR) is 47.9 cm³/mol. The molecule has 0 radical (unpaired) electrons. The Morgan fingerprint density at radius 3 is 2.08 bits per heavy atom. The summed E-state index contributed by atoms with van der Waals surface area (Å²) in [7, 11) is -4.12. The Morgan fingerprint density at radius 1 is 1.15 bits per heavy atom. The van der Waals surface area contributed by atoms with E-state index in [0.717, 1.165) is 6.26 Å². The molecule has 0 unspecified atom stereocenters. The fourth-order valence-corrected chi connectivity index (χ4v) is 1.32. The van der Waals surface area contributed by atoms with Gasteiger partial charge in [0.25, 0.3) is 10.1 Å². The van der Waals surface area contributed by atoms with Gasteiger partial charge in [-0.1, -0.05) is 12.1 Å². The molecule has 0 fully saturated rings. The van der Waals surface area contributed by atoms with Crippen LogP contribution in [0, 0.1) is 0 Å². The molecule has 1 rings (SSSR count). The van der Waals surface area contributed by atoms with Crippen LogP contribution in [0.1, 0.15) is 5.56 Å². The average molecular weight is 200 g/mol. The molecule has 0 spiro atoms. The molecule has 0 atom stereocenters. The van der Waals surface area contributed by atoms with Crippen molar-refractivity contribution in [2.75, 3.05) is 0 Å². The molecule has 5 heteroatoms. The van der Waals surface area contributed by atoms with Gasteiger partial charge in [-0.25, -0.2) is 0 Å². The van der Waals surface area contributed by atoms with Crippen LogP contribution in [-0.2, 0) is 10.1 Å². The molecule has 0 aliphatic rings. The minimum absolute atomic E-state index is 0.164. The van der Waals surface area contributed by atoms with Gasteiger partial charge < -0.3 is 5.11 Å². The molecule has 0 saturated heterocycles. The number of aliphatic hydroxyl groups is 1. The minimum Gasteiger partial charge on any atom is -0.516 e. The molecule has 0 saturated carbocycles. The fourth-order valence-electron chi connectivity index (χ4n) is 0.837. The summed E-state index contributed by atoms with van der Waals surface area (Å²) >= 11 is 0. The summed E-state index contributed by atoms with van der Waals surface area (Å²) in [6.07, 6.45) is 2.25.